The molecule has 0 aromatic carbocycles. The maximum absolute atomic E-state index is 5.64. The molecule has 0 radical (unpaired) electrons. The fraction of sp³-hybridized carbons (Fsp3) is 0. The zero-order chi connectivity index (χ0) is 8.39. The minimum atomic E-state index is 0.535. The van der Waals surface area contributed by atoms with Crippen molar-refractivity contribution in [3.8, 4) is 5.95 Å². The quantitative estimate of drug-likeness (QED) is 0.650. The van der Waals surface area contributed by atoms with Gasteiger partial charge in [-0.05, 0) is 12.1 Å². The largest absolute Gasteiger partial charge is 0.385 e. The molecule has 0 aliphatic rings. The summed E-state index contributed by atoms with van der Waals surface area (Å²) in [5, 5.41) is 0. The van der Waals surface area contributed by atoms with Gasteiger partial charge in [-0.25, -0.2) is 15.0 Å². The average Bonchev–Trinajstić information content (AvgIpc) is 2.53. The number of nitrogens with two attached hydrogens (primary N) is 1. The van der Waals surface area contributed by atoms with E-state index in [1.807, 2.05) is 6.07 Å². The molecule has 0 saturated heterocycles. The number of anilines is 1. The summed E-state index contributed by atoms with van der Waals surface area (Å²) >= 11 is 0. The number of nitrogen functional groups attached to an aromatic ring is 1. The lowest BCUT2D eigenvalue weighted by Gasteiger charge is -2.00. The Hall–Kier alpha value is -1.91. The van der Waals surface area contributed by atoms with Gasteiger partial charge in [-0.15, -0.1) is 0 Å². The molecule has 0 fully saturated rings. The van der Waals surface area contributed by atoms with Crippen molar-refractivity contribution in [2.24, 2.45) is 0 Å². The molecule has 0 aliphatic heterocycles. The van der Waals surface area contributed by atoms with Gasteiger partial charge < -0.3 is 5.73 Å². The predicted octanol–water partition coefficient (Wildman–Crippen LogP) is 0.244. The molecule has 2 aromatic heterocycles. The number of hydrogen-bond donors (Lipinski definition) is 1. The van der Waals surface area contributed by atoms with Gasteiger partial charge >= 0.3 is 0 Å². The molecule has 12 heavy (non-hydrogen) atoms. The molecule has 5 heteroatoms. The summed E-state index contributed by atoms with van der Waals surface area (Å²) in [6.07, 6.45) is 4.66. The van der Waals surface area contributed by atoms with Crippen molar-refractivity contribution in [2.45, 2.75) is 0 Å². The van der Waals surface area contributed by atoms with Gasteiger partial charge in [0.25, 0.3) is 0 Å². The fourth-order valence-corrected chi connectivity index (χ4v) is 0.934. The summed E-state index contributed by atoms with van der Waals surface area (Å²) in [5.74, 6) is 1.15. The van der Waals surface area contributed by atoms with Crippen molar-refractivity contribution in [2.75, 3.05) is 5.73 Å². The van der Waals surface area contributed by atoms with Crippen LogP contribution in [-0.2, 0) is 0 Å². The number of hydrogen-bond acceptors (Lipinski definition) is 4. The first-order chi connectivity index (χ1) is 5.88. The molecule has 0 unspecified atom stereocenters. The van der Waals surface area contributed by atoms with Crippen LogP contribution in [-0.4, -0.2) is 19.5 Å². The van der Waals surface area contributed by atoms with Crippen molar-refractivity contribution in [1.29, 1.82) is 0 Å². The zero-order valence-corrected chi connectivity index (χ0v) is 6.25. The van der Waals surface area contributed by atoms with E-state index in [2.05, 4.69) is 15.0 Å². The Bertz CT molecular complexity index is 366. The molecular formula is C7H7N5. The number of rotatable bonds is 1. The third-order valence-corrected chi connectivity index (χ3v) is 1.48. The van der Waals surface area contributed by atoms with Gasteiger partial charge in [-0.1, -0.05) is 0 Å². The third-order valence-electron chi connectivity index (χ3n) is 1.48. The number of nitrogens with zero attached hydrogens (tertiary/aromatic N) is 4. The predicted molar refractivity (Wildman–Crippen MR) is 43.6 cm³/mol. The average molecular weight is 161 g/mol. The van der Waals surface area contributed by atoms with Crippen LogP contribution in [0.15, 0.2) is 31.0 Å². The van der Waals surface area contributed by atoms with Crippen LogP contribution in [0.2, 0.25) is 0 Å². The first-order valence-electron chi connectivity index (χ1n) is 3.43. The number of aromatic nitrogens is 4. The minimum absolute atomic E-state index is 0.535. The smallest absolute Gasteiger partial charge is 0.238 e. The van der Waals surface area contributed by atoms with Gasteiger partial charge in [-0.3, -0.25) is 4.57 Å². The molecule has 0 spiro atoms. The minimum Gasteiger partial charge on any atom is -0.385 e. The first kappa shape index (κ1) is 6.78. The summed E-state index contributed by atoms with van der Waals surface area (Å²) in [5.41, 5.74) is 5.64. The molecule has 5 nitrogen and oxygen atoms in total. The lowest BCUT2D eigenvalue weighted by Crippen LogP contribution is -2.02. The van der Waals surface area contributed by atoms with Crippen LogP contribution in [0.4, 0.5) is 5.82 Å². The van der Waals surface area contributed by atoms with Gasteiger partial charge in [0.2, 0.25) is 5.95 Å². The highest BCUT2D eigenvalue weighted by Gasteiger charge is 1.99. The van der Waals surface area contributed by atoms with Crippen LogP contribution in [0, 0.1) is 0 Å². The molecule has 2 aromatic rings. The van der Waals surface area contributed by atoms with Crippen LogP contribution in [0.1, 0.15) is 0 Å². The van der Waals surface area contributed by atoms with E-state index >= 15 is 0 Å². The van der Waals surface area contributed by atoms with E-state index in [9.17, 15) is 0 Å². The molecule has 2 rings (SSSR count). The van der Waals surface area contributed by atoms with E-state index in [0.717, 1.165) is 0 Å². The second-order valence-corrected chi connectivity index (χ2v) is 2.24. The molecule has 0 amide bonds. The molecule has 0 aliphatic carbocycles. The van der Waals surface area contributed by atoms with Gasteiger partial charge in [0.1, 0.15) is 18.5 Å². The van der Waals surface area contributed by atoms with Gasteiger partial charge in [0, 0.05) is 6.20 Å². The van der Waals surface area contributed by atoms with Crippen molar-refractivity contribution < 1.29 is 0 Å². The van der Waals surface area contributed by atoms with E-state index in [1.165, 1.54) is 12.7 Å². The van der Waals surface area contributed by atoms with E-state index < -0.39 is 0 Å². The third kappa shape index (κ3) is 1.01. The Balaban J connectivity index is 2.51. The second kappa shape index (κ2) is 2.61. The SMILES string of the molecule is Nc1cccn1-c1ncncn1. The van der Waals surface area contributed by atoms with E-state index in [0.29, 0.717) is 11.8 Å². The van der Waals surface area contributed by atoms with E-state index in [4.69, 9.17) is 5.73 Å². The lowest BCUT2D eigenvalue weighted by molar-refractivity contribution is 0.908. The first-order valence-corrected chi connectivity index (χ1v) is 3.43. The van der Waals surface area contributed by atoms with Crippen LogP contribution >= 0.6 is 0 Å². The van der Waals surface area contributed by atoms with E-state index in [-0.39, 0.29) is 0 Å². The van der Waals surface area contributed by atoms with E-state index in [1.54, 1.807) is 16.8 Å². The highest BCUT2D eigenvalue weighted by atomic mass is 15.2. The Morgan fingerprint density at radius 2 is 2.00 bits per heavy atom. The highest BCUT2D eigenvalue weighted by Crippen LogP contribution is 2.07. The Labute approximate surface area is 68.9 Å². The van der Waals surface area contributed by atoms with Gasteiger partial charge in [-0.2, -0.15) is 0 Å². The lowest BCUT2D eigenvalue weighted by atomic mass is 10.6. The Morgan fingerprint density at radius 1 is 1.25 bits per heavy atom. The van der Waals surface area contributed by atoms with Gasteiger partial charge in [0.05, 0.1) is 0 Å². The van der Waals surface area contributed by atoms with Crippen molar-refractivity contribution >= 4 is 5.82 Å². The summed E-state index contributed by atoms with van der Waals surface area (Å²) < 4.78 is 1.68. The summed E-state index contributed by atoms with van der Waals surface area (Å²) in [7, 11) is 0. The zero-order valence-electron chi connectivity index (χ0n) is 6.25. The van der Waals surface area contributed by atoms with Crippen molar-refractivity contribution in [3.63, 3.8) is 0 Å². The topological polar surface area (TPSA) is 69.6 Å². The summed E-state index contributed by atoms with van der Waals surface area (Å²) in [6.45, 7) is 0. The van der Waals surface area contributed by atoms with Gasteiger partial charge in [0.15, 0.2) is 0 Å². The summed E-state index contributed by atoms with van der Waals surface area (Å²) in [6, 6.07) is 3.61. The molecule has 0 saturated carbocycles. The van der Waals surface area contributed by atoms with Crippen LogP contribution in [0.25, 0.3) is 5.95 Å². The fourth-order valence-electron chi connectivity index (χ4n) is 0.934. The molecule has 2 heterocycles. The van der Waals surface area contributed by atoms with Crippen LogP contribution in [0.3, 0.4) is 0 Å². The van der Waals surface area contributed by atoms with Crippen LogP contribution in [0.5, 0.6) is 0 Å². The normalized spacial score (nSPS) is 10.0. The van der Waals surface area contributed by atoms with Crippen molar-refractivity contribution in [3.05, 3.63) is 31.0 Å². The second-order valence-electron chi connectivity index (χ2n) is 2.24. The molecule has 0 bridgehead atoms. The standard InChI is InChI=1S/C7H7N5/c8-6-2-1-3-12(6)7-10-4-9-5-11-7/h1-5H,8H2. The molecular weight excluding hydrogens is 154 g/mol. The van der Waals surface area contributed by atoms with Crippen LogP contribution < -0.4 is 5.73 Å². The monoisotopic (exact) mass is 161 g/mol. The van der Waals surface area contributed by atoms with Crippen molar-refractivity contribution in [1.82, 2.24) is 19.5 Å². The maximum atomic E-state index is 5.64. The molecule has 60 valence electrons. The molecule has 0 atom stereocenters. The maximum Gasteiger partial charge on any atom is 0.238 e. The Kier molecular flexibility index (Phi) is 1.48. The Morgan fingerprint density at radius 3 is 2.58 bits per heavy atom. The summed E-state index contributed by atoms with van der Waals surface area (Å²) in [4.78, 5) is 11.6. The molecule has 2 N–H and O–H groups in total. The highest BCUT2D eigenvalue weighted by molar-refractivity contribution is 5.36.